The number of halogens is 3. The second-order valence-electron chi connectivity index (χ2n) is 4.73. The predicted octanol–water partition coefficient (Wildman–Crippen LogP) is 3.65. The Bertz CT molecular complexity index is 543. The van der Waals surface area contributed by atoms with Crippen molar-refractivity contribution in [1.82, 2.24) is 0 Å². The molecule has 0 radical (unpaired) electrons. The van der Waals surface area contributed by atoms with Crippen molar-refractivity contribution >= 4 is 12.0 Å². The van der Waals surface area contributed by atoms with Gasteiger partial charge in [0.05, 0.1) is 17.5 Å². The van der Waals surface area contributed by atoms with Gasteiger partial charge in [-0.3, -0.25) is 0 Å². The van der Waals surface area contributed by atoms with Gasteiger partial charge in [0.15, 0.2) is 0 Å². The van der Waals surface area contributed by atoms with E-state index in [1.165, 1.54) is 6.08 Å². The van der Waals surface area contributed by atoms with E-state index >= 15 is 0 Å². The molecule has 0 aliphatic heterocycles. The second kappa shape index (κ2) is 5.53. The molecule has 0 bridgehead atoms. The largest absolute Gasteiger partial charge is 0.416 e. The molecule has 2 atom stereocenters. The van der Waals surface area contributed by atoms with Gasteiger partial charge in [0.25, 0.3) is 0 Å². The van der Waals surface area contributed by atoms with Crippen LogP contribution in [0.3, 0.4) is 0 Å². The third kappa shape index (κ3) is 3.29. The summed E-state index contributed by atoms with van der Waals surface area (Å²) in [5.41, 5.74) is 0.998. The maximum Gasteiger partial charge on any atom is 0.416 e. The molecular weight excluding hydrogens is 267 g/mol. The van der Waals surface area contributed by atoms with Crippen LogP contribution in [0.15, 0.2) is 48.1 Å². The van der Waals surface area contributed by atoms with Gasteiger partial charge in [-0.15, -0.1) is 0 Å². The van der Waals surface area contributed by atoms with E-state index in [-0.39, 0.29) is 0 Å². The van der Waals surface area contributed by atoms with Crippen molar-refractivity contribution in [3.63, 3.8) is 0 Å². The lowest BCUT2D eigenvalue weighted by Crippen LogP contribution is -2.31. The molecule has 2 nitrogen and oxygen atoms in total. The first-order chi connectivity index (χ1) is 9.40. The molecule has 1 N–H and O–H groups in total. The zero-order valence-corrected chi connectivity index (χ0v) is 10.8. The molecule has 5 heteroatoms. The molecule has 0 fully saturated rings. The highest BCUT2D eigenvalue weighted by atomic mass is 19.4. The number of carbonyl (C=O) groups is 1. The average molecular weight is 281 g/mol. The Balaban J connectivity index is 2.22. The van der Waals surface area contributed by atoms with E-state index in [4.69, 9.17) is 0 Å². The molecule has 2 unspecified atom stereocenters. The predicted molar refractivity (Wildman–Crippen MR) is 71.4 cm³/mol. The van der Waals surface area contributed by atoms with Gasteiger partial charge in [0.1, 0.15) is 6.29 Å². The van der Waals surface area contributed by atoms with Crippen LogP contribution >= 0.6 is 0 Å². The fraction of sp³-hybridized carbons (Fsp3) is 0.267. The molecule has 1 aliphatic carbocycles. The minimum Gasteiger partial charge on any atom is -0.378 e. The van der Waals surface area contributed by atoms with Crippen LogP contribution in [0.25, 0.3) is 0 Å². The van der Waals surface area contributed by atoms with Crippen LogP contribution in [0.5, 0.6) is 0 Å². The summed E-state index contributed by atoms with van der Waals surface area (Å²) in [5, 5.41) is 2.95. The van der Waals surface area contributed by atoms with Gasteiger partial charge in [0, 0.05) is 5.69 Å². The van der Waals surface area contributed by atoms with Crippen molar-refractivity contribution in [2.75, 3.05) is 5.32 Å². The molecule has 1 aliphatic rings. The van der Waals surface area contributed by atoms with Gasteiger partial charge in [0.2, 0.25) is 0 Å². The molecule has 20 heavy (non-hydrogen) atoms. The summed E-state index contributed by atoms with van der Waals surface area (Å²) < 4.78 is 38.1. The van der Waals surface area contributed by atoms with Crippen molar-refractivity contribution in [1.29, 1.82) is 0 Å². The molecule has 106 valence electrons. The highest BCUT2D eigenvalue weighted by Gasteiger charge is 2.35. The Morgan fingerprint density at radius 1 is 1.20 bits per heavy atom. The molecule has 0 spiro atoms. The first-order valence-electron chi connectivity index (χ1n) is 6.16. The summed E-state index contributed by atoms with van der Waals surface area (Å²) in [7, 11) is 0. The summed E-state index contributed by atoms with van der Waals surface area (Å²) >= 11 is 0. The summed E-state index contributed by atoms with van der Waals surface area (Å²) in [5.74, 6) is -0.609. The Morgan fingerprint density at radius 2 is 1.85 bits per heavy atom. The van der Waals surface area contributed by atoms with E-state index in [9.17, 15) is 18.0 Å². The standard InChI is InChI=1S/C15H14F3NO/c1-10-2-6-13(7-3-10)19-14-8-12(15(16,17)18)5-4-11(14)9-20/h2-9,11,14,19H,1H3. The normalized spacial score (nSPS) is 22.3. The highest BCUT2D eigenvalue weighted by Crippen LogP contribution is 2.31. The lowest BCUT2D eigenvalue weighted by atomic mass is 9.92. The van der Waals surface area contributed by atoms with Gasteiger partial charge in [-0.25, -0.2) is 0 Å². The van der Waals surface area contributed by atoms with Crippen LogP contribution in [0.4, 0.5) is 18.9 Å². The van der Waals surface area contributed by atoms with Crippen LogP contribution in [0.2, 0.25) is 0 Å². The summed E-state index contributed by atoms with van der Waals surface area (Å²) in [6.45, 7) is 1.92. The van der Waals surface area contributed by atoms with E-state index in [1.807, 2.05) is 19.1 Å². The van der Waals surface area contributed by atoms with Crippen LogP contribution in [0, 0.1) is 12.8 Å². The minimum atomic E-state index is -4.41. The molecule has 0 saturated carbocycles. The lowest BCUT2D eigenvalue weighted by molar-refractivity contribution is -0.110. The molecule has 0 aromatic heterocycles. The maximum atomic E-state index is 12.7. The summed E-state index contributed by atoms with van der Waals surface area (Å²) in [6, 6.07) is 6.56. The summed E-state index contributed by atoms with van der Waals surface area (Å²) in [6.07, 6.45) is -0.476. The van der Waals surface area contributed by atoms with Crippen molar-refractivity contribution < 1.29 is 18.0 Å². The number of hydrogen-bond donors (Lipinski definition) is 1. The van der Waals surface area contributed by atoms with Crippen molar-refractivity contribution in [2.24, 2.45) is 5.92 Å². The lowest BCUT2D eigenvalue weighted by Gasteiger charge is -2.25. The molecule has 2 rings (SSSR count). The first-order valence-corrected chi connectivity index (χ1v) is 6.16. The number of allylic oxidation sites excluding steroid dienone is 2. The van der Waals surface area contributed by atoms with Gasteiger partial charge < -0.3 is 10.1 Å². The van der Waals surface area contributed by atoms with E-state index in [2.05, 4.69) is 5.32 Å². The number of anilines is 1. The van der Waals surface area contributed by atoms with Crippen molar-refractivity contribution in [3.8, 4) is 0 Å². The Morgan fingerprint density at radius 3 is 2.40 bits per heavy atom. The number of hydrogen-bond acceptors (Lipinski definition) is 2. The third-order valence-electron chi connectivity index (χ3n) is 3.14. The van der Waals surface area contributed by atoms with Gasteiger partial charge >= 0.3 is 6.18 Å². The van der Waals surface area contributed by atoms with E-state index in [1.54, 1.807) is 12.1 Å². The molecule has 1 aromatic rings. The number of aryl methyl sites for hydroxylation is 1. The van der Waals surface area contributed by atoms with Crippen LogP contribution in [0.1, 0.15) is 5.56 Å². The zero-order valence-electron chi connectivity index (χ0n) is 10.8. The number of aldehydes is 1. The topological polar surface area (TPSA) is 29.1 Å². The smallest absolute Gasteiger partial charge is 0.378 e. The van der Waals surface area contributed by atoms with Gasteiger partial charge in [-0.05, 0) is 25.1 Å². The first kappa shape index (κ1) is 14.4. The third-order valence-corrected chi connectivity index (χ3v) is 3.14. The van der Waals surface area contributed by atoms with Gasteiger partial charge in [-0.1, -0.05) is 29.8 Å². The van der Waals surface area contributed by atoms with Crippen molar-refractivity contribution in [2.45, 2.75) is 19.1 Å². The molecular formula is C15H14F3NO. The fourth-order valence-electron chi connectivity index (χ4n) is 1.99. The zero-order chi connectivity index (χ0) is 14.8. The quantitative estimate of drug-likeness (QED) is 0.857. The van der Waals surface area contributed by atoms with Gasteiger partial charge in [-0.2, -0.15) is 13.2 Å². The van der Waals surface area contributed by atoms with Crippen molar-refractivity contribution in [3.05, 3.63) is 53.6 Å². The number of carbonyl (C=O) groups excluding carboxylic acids is 1. The molecule has 0 amide bonds. The highest BCUT2D eigenvalue weighted by molar-refractivity contribution is 5.63. The summed E-state index contributed by atoms with van der Waals surface area (Å²) in [4.78, 5) is 11.0. The Labute approximate surface area is 115 Å². The van der Waals surface area contributed by atoms with E-state index < -0.39 is 23.7 Å². The fourth-order valence-corrected chi connectivity index (χ4v) is 1.99. The minimum absolute atomic E-state index is 0.609. The molecule has 1 aromatic carbocycles. The Hall–Kier alpha value is -2.04. The number of rotatable bonds is 3. The Kier molecular flexibility index (Phi) is 3.97. The molecule has 0 heterocycles. The monoisotopic (exact) mass is 281 g/mol. The molecule has 0 saturated heterocycles. The van der Waals surface area contributed by atoms with Crippen LogP contribution in [-0.4, -0.2) is 18.5 Å². The van der Waals surface area contributed by atoms with E-state index in [0.29, 0.717) is 12.0 Å². The average Bonchev–Trinajstić information content (AvgIpc) is 2.40. The number of nitrogens with one attached hydrogen (secondary N) is 1. The van der Waals surface area contributed by atoms with E-state index in [0.717, 1.165) is 17.7 Å². The SMILES string of the molecule is Cc1ccc(NC2C=C(C(F)(F)F)C=CC2C=O)cc1. The van der Waals surface area contributed by atoms with Crippen LogP contribution < -0.4 is 5.32 Å². The number of alkyl halides is 3. The maximum absolute atomic E-state index is 12.7. The van der Waals surface area contributed by atoms with Crippen LogP contribution in [-0.2, 0) is 4.79 Å². The second-order valence-corrected chi connectivity index (χ2v) is 4.73. The number of benzene rings is 1.